The van der Waals surface area contributed by atoms with Crippen LogP contribution >= 0.6 is 0 Å². The molecule has 0 radical (unpaired) electrons. The summed E-state index contributed by atoms with van der Waals surface area (Å²) >= 11 is 0. The minimum absolute atomic E-state index is 0.498. The van der Waals surface area contributed by atoms with Gasteiger partial charge in [0.05, 0.1) is 6.61 Å². The molecule has 0 amide bonds. The third-order valence-corrected chi connectivity index (χ3v) is 2.51. The van der Waals surface area contributed by atoms with E-state index in [9.17, 15) is 0 Å². The second-order valence-electron chi connectivity index (χ2n) is 3.51. The zero-order valence-corrected chi connectivity index (χ0v) is 8.49. The minimum atomic E-state index is 0.498. The van der Waals surface area contributed by atoms with Crippen molar-refractivity contribution in [2.24, 2.45) is 0 Å². The second-order valence-corrected chi connectivity index (χ2v) is 3.51. The largest absolute Gasteiger partial charge is 0.478 e. The Kier molecular flexibility index (Phi) is 2.99. The van der Waals surface area contributed by atoms with Crippen LogP contribution in [-0.4, -0.2) is 18.1 Å². The summed E-state index contributed by atoms with van der Waals surface area (Å²) in [7, 11) is 0. The lowest BCUT2D eigenvalue weighted by Gasteiger charge is -2.10. The maximum atomic E-state index is 5.29. The molecule has 2 heterocycles. The molecule has 0 aromatic carbocycles. The van der Waals surface area contributed by atoms with Crippen LogP contribution in [0.5, 0.6) is 5.88 Å². The fourth-order valence-corrected chi connectivity index (χ4v) is 1.80. The number of nitrogens with one attached hydrogen (secondary N) is 1. The molecule has 0 bridgehead atoms. The highest BCUT2D eigenvalue weighted by atomic mass is 16.5. The third kappa shape index (κ3) is 2.04. The lowest BCUT2D eigenvalue weighted by Crippen LogP contribution is -2.12. The van der Waals surface area contributed by atoms with Crippen molar-refractivity contribution in [1.29, 1.82) is 0 Å². The maximum Gasteiger partial charge on any atom is 0.213 e. The van der Waals surface area contributed by atoms with Crippen LogP contribution in [0.2, 0.25) is 0 Å². The molecule has 3 nitrogen and oxygen atoms in total. The van der Waals surface area contributed by atoms with Crippen LogP contribution in [-0.2, 0) is 0 Å². The minimum Gasteiger partial charge on any atom is -0.478 e. The first-order chi connectivity index (χ1) is 6.90. The topological polar surface area (TPSA) is 34.1 Å². The highest BCUT2D eigenvalue weighted by molar-refractivity contribution is 5.21. The molecule has 1 saturated heterocycles. The maximum absolute atomic E-state index is 5.29. The normalized spacial score (nSPS) is 21.1. The standard InChI is InChI=1S/C11H16N2O/c1-2-14-11-6-5-9(8-13-11)10-4-3-7-12-10/h5-6,8,10,12H,2-4,7H2,1H3/t10-/m0/s1. The Labute approximate surface area is 84.5 Å². The van der Waals surface area contributed by atoms with Crippen LogP contribution in [0.4, 0.5) is 0 Å². The van der Waals surface area contributed by atoms with E-state index in [1.165, 1.54) is 18.4 Å². The lowest BCUT2D eigenvalue weighted by atomic mass is 10.1. The van der Waals surface area contributed by atoms with E-state index in [0.29, 0.717) is 18.5 Å². The zero-order valence-electron chi connectivity index (χ0n) is 8.49. The number of aromatic nitrogens is 1. The summed E-state index contributed by atoms with van der Waals surface area (Å²) in [5, 5.41) is 3.44. The van der Waals surface area contributed by atoms with Gasteiger partial charge in [0.2, 0.25) is 5.88 Å². The number of hydrogen-bond donors (Lipinski definition) is 1. The van der Waals surface area contributed by atoms with E-state index in [-0.39, 0.29) is 0 Å². The van der Waals surface area contributed by atoms with E-state index in [1.807, 2.05) is 19.2 Å². The van der Waals surface area contributed by atoms with Gasteiger partial charge in [-0.2, -0.15) is 0 Å². The summed E-state index contributed by atoms with van der Waals surface area (Å²) in [5.74, 6) is 0.717. The monoisotopic (exact) mass is 192 g/mol. The van der Waals surface area contributed by atoms with Gasteiger partial charge in [0.25, 0.3) is 0 Å². The quantitative estimate of drug-likeness (QED) is 0.794. The van der Waals surface area contributed by atoms with Crippen molar-refractivity contribution in [3.63, 3.8) is 0 Å². The molecule has 3 heteroatoms. The van der Waals surface area contributed by atoms with E-state index in [0.717, 1.165) is 6.54 Å². The van der Waals surface area contributed by atoms with Crippen LogP contribution < -0.4 is 10.1 Å². The van der Waals surface area contributed by atoms with E-state index in [4.69, 9.17) is 4.74 Å². The molecule has 76 valence electrons. The van der Waals surface area contributed by atoms with Crippen LogP contribution in [0.1, 0.15) is 31.4 Å². The predicted octanol–water partition coefficient (Wildman–Crippen LogP) is 1.90. The molecule has 1 aromatic heterocycles. The van der Waals surface area contributed by atoms with Gasteiger partial charge in [-0.3, -0.25) is 0 Å². The molecular formula is C11H16N2O. The van der Waals surface area contributed by atoms with E-state index < -0.39 is 0 Å². The summed E-state index contributed by atoms with van der Waals surface area (Å²) in [6.07, 6.45) is 4.39. The van der Waals surface area contributed by atoms with Gasteiger partial charge in [0.1, 0.15) is 0 Å². The van der Waals surface area contributed by atoms with Crippen molar-refractivity contribution in [2.45, 2.75) is 25.8 Å². The van der Waals surface area contributed by atoms with Gasteiger partial charge in [-0.1, -0.05) is 6.07 Å². The van der Waals surface area contributed by atoms with Crippen LogP contribution in [0, 0.1) is 0 Å². The van der Waals surface area contributed by atoms with Crippen LogP contribution in [0.15, 0.2) is 18.3 Å². The summed E-state index contributed by atoms with van der Waals surface area (Å²) in [5.41, 5.74) is 1.27. The first-order valence-corrected chi connectivity index (χ1v) is 5.22. The molecule has 2 rings (SSSR count). The smallest absolute Gasteiger partial charge is 0.213 e. The molecule has 14 heavy (non-hydrogen) atoms. The first-order valence-electron chi connectivity index (χ1n) is 5.22. The summed E-state index contributed by atoms with van der Waals surface area (Å²) in [6.45, 7) is 3.76. The Balaban J connectivity index is 2.05. The Morgan fingerprint density at radius 1 is 1.57 bits per heavy atom. The van der Waals surface area contributed by atoms with Crippen molar-refractivity contribution in [3.8, 4) is 5.88 Å². The fraction of sp³-hybridized carbons (Fsp3) is 0.545. The summed E-state index contributed by atoms with van der Waals surface area (Å²) in [6, 6.07) is 4.54. The number of pyridine rings is 1. The SMILES string of the molecule is CCOc1ccc([C@@H]2CCCN2)cn1. The van der Waals surface area contributed by atoms with Gasteiger partial charge < -0.3 is 10.1 Å². The van der Waals surface area contributed by atoms with Crippen molar-refractivity contribution >= 4 is 0 Å². The van der Waals surface area contributed by atoms with Crippen molar-refractivity contribution in [2.75, 3.05) is 13.2 Å². The molecule has 1 N–H and O–H groups in total. The van der Waals surface area contributed by atoms with Gasteiger partial charge in [-0.05, 0) is 31.9 Å². The molecule has 1 atom stereocenters. The number of rotatable bonds is 3. The van der Waals surface area contributed by atoms with Crippen LogP contribution in [0.3, 0.4) is 0 Å². The van der Waals surface area contributed by atoms with Gasteiger partial charge in [0, 0.05) is 18.3 Å². The van der Waals surface area contributed by atoms with E-state index in [2.05, 4.69) is 16.4 Å². The Morgan fingerprint density at radius 2 is 2.50 bits per heavy atom. The zero-order chi connectivity index (χ0) is 9.80. The van der Waals surface area contributed by atoms with Gasteiger partial charge >= 0.3 is 0 Å². The highest BCUT2D eigenvalue weighted by Crippen LogP contribution is 2.23. The highest BCUT2D eigenvalue weighted by Gasteiger charge is 2.15. The molecule has 1 aliphatic rings. The molecule has 0 aliphatic carbocycles. The van der Waals surface area contributed by atoms with E-state index in [1.54, 1.807) is 0 Å². The van der Waals surface area contributed by atoms with Crippen LogP contribution in [0.25, 0.3) is 0 Å². The fourth-order valence-electron chi connectivity index (χ4n) is 1.80. The number of ether oxygens (including phenoxy) is 1. The molecule has 1 aromatic rings. The molecule has 1 aliphatic heterocycles. The Hall–Kier alpha value is -1.09. The molecule has 0 unspecified atom stereocenters. The van der Waals surface area contributed by atoms with E-state index >= 15 is 0 Å². The predicted molar refractivity (Wildman–Crippen MR) is 55.4 cm³/mol. The lowest BCUT2D eigenvalue weighted by molar-refractivity contribution is 0.326. The molecule has 1 fully saturated rings. The number of hydrogen-bond acceptors (Lipinski definition) is 3. The second kappa shape index (κ2) is 4.42. The van der Waals surface area contributed by atoms with Gasteiger partial charge in [0.15, 0.2) is 0 Å². The number of nitrogens with zero attached hydrogens (tertiary/aromatic N) is 1. The molecular weight excluding hydrogens is 176 g/mol. The van der Waals surface area contributed by atoms with Crippen molar-refractivity contribution in [3.05, 3.63) is 23.9 Å². The van der Waals surface area contributed by atoms with Gasteiger partial charge in [-0.25, -0.2) is 4.98 Å². The van der Waals surface area contributed by atoms with Crippen molar-refractivity contribution < 1.29 is 4.74 Å². The third-order valence-electron chi connectivity index (χ3n) is 2.51. The summed E-state index contributed by atoms with van der Waals surface area (Å²) < 4.78 is 5.29. The average Bonchev–Trinajstić information content (AvgIpc) is 2.72. The first kappa shape index (κ1) is 9.46. The Bertz CT molecular complexity index is 278. The Morgan fingerprint density at radius 3 is 3.07 bits per heavy atom. The van der Waals surface area contributed by atoms with Gasteiger partial charge in [-0.15, -0.1) is 0 Å². The van der Waals surface area contributed by atoms with Crippen molar-refractivity contribution in [1.82, 2.24) is 10.3 Å². The summed E-state index contributed by atoms with van der Waals surface area (Å²) in [4.78, 5) is 4.25. The molecule has 0 saturated carbocycles. The molecule has 0 spiro atoms. The average molecular weight is 192 g/mol.